The Morgan fingerprint density at radius 2 is 1.50 bits per heavy atom. The Labute approximate surface area is 285 Å². The normalized spacial score (nSPS) is 27.8. The van der Waals surface area contributed by atoms with Crippen molar-refractivity contribution in [1.82, 2.24) is 14.9 Å². The number of aromatic nitrogens is 2. The second-order valence-corrected chi connectivity index (χ2v) is 12.1. The first-order valence-electron chi connectivity index (χ1n) is 16.5. The van der Waals surface area contributed by atoms with E-state index in [4.69, 9.17) is 29.8 Å². The van der Waals surface area contributed by atoms with Crippen molar-refractivity contribution in [3.05, 3.63) is 33.1 Å². The summed E-state index contributed by atoms with van der Waals surface area (Å²) in [5, 5.41) is 62.7. The Bertz CT molecular complexity index is 1300. The number of aliphatic carboxylic acids is 2. The number of H-pyrrole nitrogens is 1. The summed E-state index contributed by atoms with van der Waals surface area (Å²) in [7, 11) is 0. The molecule has 0 aromatic carbocycles. The minimum Gasteiger partial charge on any atom is -0.480 e. The van der Waals surface area contributed by atoms with Crippen molar-refractivity contribution in [2.24, 2.45) is 5.73 Å². The molecule has 0 radical (unpaired) electrons. The summed E-state index contributed by atoms with van der Waals surface area (Å²) in [6.45, 7) is 2.31. The Hall–Kier alpha value is -2.95. The van der Waals surface area contributed by atoms with Gasteiger partial charge in [0.1, 0.15) is 48.8 Å². The molecule has 0 spiro atoms. The van der Waals surface area contributed by atoms with E-state index < -0.39 is 90.7 Å². The molecule has 1 aromatic heterocycles. The van der Waals surface area contributed by atoms with Crippen LogP contribution in [-0.4, -0.2) is 126 Å². The number of carbonyl (C=O) groups is 2. The van der Waals surface area contributed by atoms with Crippen LogP contribution >= 0.6 is 0 Å². The molecule has 17 nitrogen and oxygen atoms in total. The standard InChI is InChI=1S/C28H48N4O11.C2HF3O2/c1-2-3-4-5-6-7-8-9-10-11-13-30-18(26(38)39)23(43-27-22(37)19(34)16(15-29)41-27)24-20(35)21(36)25(42-24)32-14-12-17(33)31-28(32)40;3-2(4,5)1(6)7/h12,14,16,18-25,27,30,34-37H,2-11,13,15,29H2,1H3,(H,38,39)(H,31,33,40);(H,6,7)/t16-,18+,19-,20+,21-,22-,23+,24+,25-,27+;/m1./s1. The highest BCUT2D eigenvalue weighted by atomic mass is 19.4. The highest BCUT2D eigenvalue weighted by molar-refractivity contribution is 5.74. The Morgan fingerprint density at radius 3 is 1.98 bits per heavy atom. The number of hydrogen-bond acceptors (Lipinski definition) is 13. The molecule has 0 saturated carbocycles. The van der Waals surface area contributed by atoms with E-state index in [0.29, 0.717) is 6.42 Å². The summed E-state index contributed by atoms with van der Waals surface area (Å²) < 4.78 is 49.8. The van der Waals surface area contributed by atoms with E-state index in [2.05, 4.69) is 12.2 Å². The molecule has 2 saturated heterocycles. The molecule has 2 fully saturated rings. The molecule has 0 amide bonds. The molecule has 0 unspecified atom stereocenters. The number of aromatic amines is 1. The molecule has 0 bridgehead atoms. The van der Waals surface area contributed by atoms with Crippen LogP contribution in [0.2, 0.25) is 0 Å². The topological polar surface area (TPSA) is 276 Å². The molecular formula is C30H49F3N4O13. The molecule has 2 aliphatic heterocycles. The number of carboxylic acids is 2. The van der Waals surface area contributed by atoms with E-state index in [1.54, 1.807) is 0 Å². The highest BCUT2D eigenvalue weighted by Crippen LogP contribution is 2.34. The second kappa shape index (κ2) is 20.8. The van der Waals surface area contributed by atoms with Crippen molar-refractivity contribution in [1.29, 1.82) is 0 Å². The summed E-state index contributed by atoms with van der Waals surface area (Å²) in [5.41, 5.74) is 3.99. The molecule has 2 aliphatic rings. The van der Waals surface area contributed by atoms with E-state index in [0.717, 1.165) is 42.5 Å². The Balaban J connectivity index is 0.00000112. The summed E-state index contributed by atoms with van der Waals surface area (Å²) in [5.74, 6) is -4.12. The monoisotopic (exact) mass is 730 g/mol. The highest BCUT2D eigenvalue weighted by Gasteiger charge is 2.54. The Kier molecular flexibility index (Phi) is 18.0. The van der Waals surface area contributed by atoms with Gasteiger partial charge >= 0.3 is 23.8 Å². The van der Waals surface area contributed by atoms with Gasteiger partial charge < -0.3 is 55.9 Å². The predicted molar refractivity (Wildman–Crippen MR) is 167 cm³/mol. The van der Waals surface area contributed by atoms with Gasteiger partial charge in [-0.1, -0.05) is 64.7 Å². The number of aliphatic hydroxyl groups is 4. The smallest absolute Gasteiger partial charge is 0.480 e. The maximum atomic E-state index is 12.5. The number of ether oxygens (including phenoxy) is 3. The van der Waals surface area contributed by atoms with Crippen molar-refractivity contribution in [3.8, 4) is 0 Å². The van der Waals surface area contributed by atoms with Gasteiger partial charge in [0.15, 0.2) is 12.5 Å². The van der Waals surface area contributed by atoms with E-state index >= 15 is 0 Å². The van der Waals surface area contributed by atoms with Crippen LogP contribution in [0, 0.1) is 0 Å². The van der Waals surface area contributed by atoms with Crippen LogP contribution in [0.4, 0.5) is 13.2 Å². The minimum absolute atomic E-state index is 0.152. The van der Waals surface area contributed by atoms with Crippen molar-refractivity contribution >= 4 is 11.9 Å². The quantitative estimate of drug-likeness (QED) is 0.0815. The van der Waals surface area contributed by atoms with Crippen molar-refractivity contribution in [2.75, 3.05) is 13.1 Å². The molecule has 50 heavy (non-hydrogen) atoms. The number of aliphatic hydroxyl groups excluding tert-OH is 4. The maximum Gasteiger partial charge on any atom is 0.490 e. The lowest BCUT2D eigenvalue weighted by molar-refractivity contribution is -0.228. The number of rotatable bonds is 19. The summed E-state index contributed by atoms with van der Waals surface area (Å²) >= 11 is 0. The first-order chi connectivity index (χ1) is 23.5. The zero-order valence-corrected chi connectivity index (χ0v) is 27.6. The van der Waals surface area contributed by atoms with Gasteiger partial charge in [0.25, 0.3) is 5.56 Å². The lowest BCUT2D eigenvalue weighted by Gasteiger charge is -2.33. The molecule has 20 heteroatoms. The molecule has 10 N–H and O–H groups in total. The van der Waals surface area contributed by atoms with Gasteiger partial charge in [-0.15, -0.1) is 0 Å². The molecule has 0 aliphatic carbocycles. The van der Waals surface area contributed by atoms with Crippen molar-refractivity contribution in [2.45, 2.75) is 139 Å². The van der Waals surface area contributed by atoms with Crippen LogP contribution in [0.1, 0.15) is 77.4 Å². The number of nitrogens with zero attached hydrogens (tertiary/aromatic N) is 1. The number of halogens is 3. The van der Waals surface area contributed by atoms with Crippen molar-refractivity contribution in [3.63, 3.8) is 0 Å². The van der Waals surface area contributed by atoms with Crippen LogP contribution in [-0.2, 0) is 23.8 Å². The molecule has 3 heterocycles. The largest absolute Gasteiger partial charge is 0.490 e. The molecule has 1 aromatic rings. The van der Waals surface area contributed by atoms with Crippen LogP contribution in [0.3, 0.4) is 0 Å². The fourth-order valence-electron chi connectivity index (χ4n) is 5.55. The minimum atomic E-state index is -5.08. The second-order valence-electron chi connectivity index (χ2n) is 12.1. The van der Waals surface area contributed by atoms with Gasteiger partial charge in [-0.3, -0.25) is 19.1 Å². The zero-order valence-electron chi connectivity index (χ0n) is 27.6. The fourth-order valence-corrected chi connectivity index (χ4v) is 5.55. The predicted octanol–water partition coefficient (Wildman–Crippen LogP) is -0.457. The zero-order chi connectivity index (χ0) is 37.6. The first-order valence-corrected chi connectivity index (χ1v) is 16.5. The van der Waals surface area contributed by atoms with Gasteiger partial charge in [0.2, 0.25) is 0 Å². The third kappa shape index (κ3) is 12.7. The average Bonchev–Trinajstić information content (AvgIpc) is 3.49. The SMILES string of the molecule is CCCCCCCCCCCCN[C@H](C(=O)O)[C@H](O[C@@H]1O[C@H](CN)[C@@H](O)[C@H]1O)[C@H]1O[C@@H](n2ccc(=O)[nH]c2=O)[C@H](O)[C@@H]1O.O=C(O)C(F)(F)F. The molecule has 3 rings (SSSR count). The average molecular weight is 731 g/mol. The van der Waals surface area contributed by atoms with Crippen LogP contribution < -0.4 is 22.3 Å². The summed E-state index contributed by atoms with van der Waals surface area (Å²) in [6.07, 6.45) is -6.65. The Morgan fingerprint density at radius 1 is 0.940 bits per heavy atom. The number of alkyl halides is 3. The van der Waals surface area contributed by atoms with Gasteiger partial charge in [-0.25, -0.2) is 9.59 Å². The molecule has 288 valence electrons. The van der Waals surface area contributed by atoms with Crippen LogP contribution in [0.15, 0.2) is 21.9 Å². The number of hydrogen-bond donors (Lipinski definition) is 9. The van der Waals surface area contributed by atoms with Crippen LogP contribution in [0.25, 0.3) is 0 Å². The van der Waals surface area contributed by atoms with E-state index in [9.17, 15) is 53.1 Å². The third-order valence-corrected chi connectivity index (χ3v) is 8.30. The number of nitrogens with two attached hydrogens (primary N) is 1. The summed E-state index contributed by atoms with van der Waals surface area (Å²) in [4.78, 5) is 47.3. The van der Waals surface area contributed by atoms with E-state index in [1.807, 2.05) is 4.98 Å². The number of unbranched alkanes of at least 4 members (excludes halogenated alkanes) is 9. The van der Waals surface area contributed by atoms with E-state index in [1.165, 1.54) is 32.1 Å². The maximum absolute atomic E-state index is 12.5. The van der Waals surface area contributed by atoms with Gasteiger partial charge in [0, 0.05) is 18.8 Å². The number of nitrogens with one attached hydrogen (secondary N) is 2. The van der Waals surface area contributed by atoms with Crippen molar-refractivity contribution < 1.29 is 67.6 Å². The molecule has 10 atom stereocenters. The lowest BCUT2D eigenvalue weighted by atomic mass is 9.98. The lowest BCUT2D eigenvalue weighted by Crippen LogP contribution is -2.57. The summed E-state index contributed by atoms with van der Waals surface area (Å²) in [6, 6.07) is -0.489. The third-order valence-electron chi connectivity index (χ3n) is 8.30. The first kappa shape index (κ1) is 43.2. The number of carboxylic acid groups (broad SMARTS) is 2. The molecular weight excluding hydrogens is 681 g/mol. The van der Waals surface area contributed by atoms with Crippen LogP contribution in [0.5, 0.6) is 0 Å². The van der Waals surface area contributed by atoms with E-state index in [-0.39, 0.29) is 13.1 Å². The van der Waals surface area contributed by atoms with Gasteiger partial charge in [-0.05, 0) is 13.0 Å². The van der Waals surface area contributed by atoms with Gasteiger partial charge in [-0.2, -0.15) is 13.2 Å². The van der Waals surface area contributed by atoms with Gasteiger partial charge in [0.05, 0.1) is 0 Å². The fraction of sp³-hybridized carbons (Fsp3) is 0.800.